The largest absolute Gasteiger partial charge is 0.481 e. The van der Waals surface area contributed by atoms with Gasteiger partial charge >= 0.3 is 5.97 Å². The summed E-state index contributed by atoms with van der Waals surface area (Å²) in [5.74, 6) is 0.543. The molecule has 1 amide bonds. The van der Waals surface area contributed by atoms with Crippen LogP contribution in [0.2, 0.25) is 0 Å². The highest BCUT2D eigenvalue weighted by Crippen LogP contribution is 2.24. The van der Waals surface area contributed by atoms with Crippen LogP contribution in [-0.4, -0.2) is 37.4 Å². The van der Waals surface area contributed by atoms with Crippen molar-refractivity contribution in [2.75, 3.05) is 25.5 Å². The van der Waals surface area contributed by atoms with E-state index in [0.717, 1.165) is 27.3 Å². The molecule has 0 saturated heterocycles. The Morgan fingerprint density at radius 3 is 2.33 bits per heavy atom. The fourth-order valence-corrected chi connectivity index (χ4v) is 3.43. The molecular formula is C21H25NO4S. The van der Waals surface area contributed by atoms with Crippen LogP contribution in [0.4, 0.5) is 0 Å². The molecule has 0 aromatic heterocycles. The van der Waals surface area contributed by atoms with E-state index in [9.17, 15) is 9.59 Å². The van der Waals surface area contributed by atoms with Crippen LogP contribution in [0.1, 0.15) is 16.7 Å². The van der Waals surface area contributed by atoms with E-state index >= 15 is 0 Å². The van der Waals surface area contributed by atoms with Crippen molar-refractivity contribution < 1.29 is 19.1 Å². The van der Waals surface area contributed by atoms with Gasteiger partial charge in [-0.1, -0.05) is 35.9 Å². The minimum Gasteiger partial charge on any atom is -0.481 e. The summed E-state index contributed by atoms with van der Waals surface area (Å²) in [4.78, 5) is 24.7. The number of carbonyl (C=O) groups is 2. The van der Waals surface area contributed by atoms with Gasteiger partial charge in [-0.05, 0) is 44.0 Å². The molecule has 2 rings (SSSR count). The van der Waals surface area contributed by atoms with Crippen LogP contribution < -0.4 is 10.1 Å². The zero-order valence-electron chi connectivity index (χ0n) is 15.9. The minimum atomic E-state index is -0.566. The number of rotatable bonds is 9. The highest BCUT2D eigenvalue weighted by atomic mass is 32.2. The second kappa shape index (κ2) is 10.6. The monoisotopic (exact) mass is 387 g/mol. The number of benzene rings is 2. The van der Waals surface area contributed by atoms with Crippen LogP contribution in [0.3, 0.4) is 0 Å². The van der Waals surface area contributed by atoms with Crippen molar-refractivity contribution in [3.63, 3.8) is 0 Å². The first kappa shape index (κ1) is 20.8. The van der Waals surface area contributed by atoms with Crippen molar-refractivity contribution in [3.8, 4) is 5.75 Å². The topological polar surface area (TPSA) is 64.6 Å². The van der Waals surface area contributed by atoms with Gasteiger partial charge in [-0.25, -0.2) is 4.79 Å². The Morgan fingerprint density at radius 1 is 1.00 bits per heavy atom. The lowest BCUT2D eigenvalue weighted by molar-refractivity contribution is -0.150. The second-order valence-electron chi connectivity index (χ2n) is 6.19. The number of esters is 1. The summed E-state index contributed by atoms with van der Waals surface area (Å²) in [5.41, 5.74) is 3.07. The normalized spacial score (nSPS) is 10.3. The van der Waals surface area contributed by atoms with Crippen LogP contribution >= 0.6 is 11.8 Å². The lowest BCUT2D eigenvalue weighted by Crippen LogP contribution is -2.31. The second-order valence-corrected chi connectivity index (χ2v) is 7.36. The molecule has 2 aromatic rings. The first-order chi connectivity index (χ1) is 13.0. The molecule has 0 aliphatic carbocycles. The summed E-state index contributed by atoms with van der Waals surface area (Å²) >= 11 is 1.65. The Morgan fingerprint density at radius 2 is 1.67 bits per heavy atom. The van der Waals surface area contributed by atoms with Gasteiger partial charge in [0.05, 0.1) is 0 Å². The summed E-state index contributed by atoms with van der Waals surface area (Å²) in [5, 5.41) is 2.73. The van der Waals surface area contributed by atoms with Crippen molar-refractivity contribution >= 4 is 23.6 Å². The number of hydrogen-bond donors (Lipinski definition) is 1. The third kappa shape index (κ3) is 7.35. The predicted octanol–water partition coefficient (Wildman–Crippen LogP) is 3.44. The number of aryl methyl sites for hydroxylation is 3. The number of hydrogen-bond acceptors (Lipinski definition) is 5. The van der Waals surface area contributed by atoms with Gasteiger partial charge in [-0.2, -0.15) is 0 Å². The van der Waals surface area contributed by atoms with Crippen molar-refractivity contribution in [1.82, 2.24) is 5.32 Å². The molecule has 27 heavy (non-hydrogen) atoms. The molecule has 1 N–H and O–H groups in total. The summed E-state index contributed by atoms with van der Waals surface area (Å²) in [6, 6.07) is 13.9. The predicted molar refractivity (Wildman–Crippen MR) is 107 cm³/mol. The first-order valence-corrected chi connectivity index (χ1v) is 9.75. The average Bonchev–Trinajstić information content (AvgIpc) is 2.63. The lowest BCUT2D eigenvalue weighted by Gasteiger charge is -2.12. The van der Waals surface area contributed by atoms with E-state index in [1.54, 1.807) is 11.8 Å². The molecule has 5 nitrogen and oxygen atoms in total. The van der Waals surface area contributed by atoms with Gasteiger partial charge in [0.25, 0.3) is 5.91 Å². The molecule has 0 heterocycles. The number of nitrogens with one attached hydrogen (secondary N) is 1. The fourth-order valence-electron chi connectivity index (χ4n) is 2.64. The molecule has 0 fully saturated rings. The van der Waals surface area contributed by atoms with E-state index in [2.05, 4.69) is 5.32 Å². The maximum atomic E-state index is 11.8. The Bertz CT molecular complexity index is 754. The molecule has 0 radical (unpaired) electrons. The van der Waals surface area contributed by atoms with Crippen LogP contribution in [0, 0.1) is 20.8 Å². The van der Waals surface area contributed by atoms with Gasteiger partial charge in [0.1, 0.15) is 5.75 Å². The SMILES string of the molecule is Cc1cc(C)c(OCC(=O)OCC(=O)NCCSc2ccccc2)c(C)c1. The van der Waals surface area contributed by atoms with Crippen LogP contribution in [0.15, 0.2) is 47.4 Å². The molecule has 0 aliphatic rings. The van der Waals surface area contributed by atoms with E-state index in [1.807, 2.05) is 63.2 Å². The average molecular weight is 388 g/mol. The highest BCUT2D eigenvalue weighted by molar-refractivity contribution is 7.99. The van der Waals surface area contributed by atoms with E-state index in [1.165, 1.54) is 0 Å². The molecule has 144 valence electrons. The van der Waals surface area contributed by atoms with Crippen LogP contribution in [0.25, 0.3) is 0 Å². The number of amides is 1. The highest BCUT2D eigenvalue weighted by Gasteiger charge is 2.11. The number of ether oxygens (including phenoxy) is 2. The Hall–Kier alpha value is -2.47. The van der Waals surface area contributed by atoms with Crippen molar-refractivity contribution in [1.29, 1.82) is 0 Å². The van der Waals surface area contributed by atoms with Crippen LogP contribution in [0.5, 0.6) is 5.75 Å². The molecule has 0 saturated carbocycles. The van der Waals surface area contributed by atoms with Gasteiger partial charge < -0.3 is 14.8 Å². The quantitative estimate of drug-likeness (QED) is 0.406. The van der Waals surface area contributed by atoms with Gasteiger partial charge in [-0.3, -0.25) is 4.79 Å². The lowest BCUT2D eigenvalue weighted by atomic mass is 10.1. The Labute approximate surface area is 164 Å². The van der Waals surface area contributed by atoms with Gasteiger partial charge in [-0.15, -0.1) is 11.8 Å². The number of carbonyl (C=O) groups excluding carboxylic acids is 2. The Balaban J connectivity index is 1.63. The molecule has 2 aromatic carbocycles. The number of thioether (sulfide) groups is 1. The van der Waals surface area contributed by atoms with E-state index < -0.39 is 5.97 Å². The van der Waals surface area contributed by atoms with E-state index in [4.69, 9.17) is 9.47 Å². The van der Waals surface area contributed by atoms with Crippen LogP contribution in [-0.2, 0) is 14.3 Å². The molecule has 0 atom stereocenters. The molecular weight excluding hydrogens is 362 g/mol. The molecule has 6 heteroatoms. The summed E-state index contributed by atoms with van der Waals surface area (Å²) in [6.45, 7) is 5.86. The zero-order valence-corrected chi connectivity index (χ0v) is 16.7. The summed E-state index contributed by atoms with van der Waals surface area (Å²) in [7, 11) is 0. The van der Waals surface area contributed by atoms with Crippen molar-refractivity contribution in [2.45, 2.75) is 25.7 Å². The first-order valence-electron chi connectivity index (χ1n) is 8.76. The maximum Gasteiger partial charge on any atom is 0.344 e. The van der Waals surface area contributed by atoms with Crippen molar-refractivity contribution in [3.05, 3.63) is 59.2 Å². The smallest absolute Gasteiger partial charge is 0.344 e. The summed E-state index contributed by atoms with van der Waals surface area (Å²) in [6.07, 6.45) is 0. The van der Waals surface area contributed by atoms with Crippen molar-refractivity contribution in [2.24, 2.45) is 0 Å². The summed E-state index contributed by atoms with van der Waals surface area (Å²) < 4.78 is 10.5. The molecule has 0 unspecified atom stereocenters. The molecule has 0 aliphatic heterocycles. The Kier molecular flexibility index (Phi) is 8.20. The van der Waals surface area contributed by atoms with Gasteiger partial charge in [0, 0.05) is 17.2 Å². The minimum absolute atomic E-state index is 0.220. The zero-order chi connectivity index (χ0) is 19.6. The standard InChI is InChI=1S/C21H25NO4S/c1-15-11-16(2)21(17(3)12-15)26-14-20(24)25-13-19(23)22-9-10-27-18-7-5-4-6-8-18/h4-8,11-12H,9-10,13-14H2,1-3H3,(H,22,23). The molecule has 0 spiro atoms. The van der Waals surface area contributed by atoms with Gasteiger partial charge in [0.15, 0.2) is 13.2 Å². The van der Waals surface area contributed by atoms with Gasteiger partial charge in [0.2, 0.25) is 0 Å². The maximum absolute atomic E-state index is 11.8. The van der Waals surface area contributed by atoms with E-state index in [0.29, 0.717) is 12.3 Å². The fraction of sp³-hybridized carbons (Fsp3) is 0.333. The third-order valence-electron chi connectivity index (χ3n) is 3.74. The molecule has 0 bridgehead atoms. The third-order valence-corrected chi connectivity index (χ3v) is 4.75. The van der Waals surface area contributed by atoms with E-state index in [-0.39, 0.29) is 19.1 Å².